The molecule has 98 valence electrons. The summed E-state index contributed by atoms with van der Waals surface area (Å²) < 4.78 is 23.5. The normalized spacial score (nSPS) is 31.0. The van der Waals surface area contributed by atoms with Gasteiger partial charge in [-0.1, -0.05) is 30.3 Å². The third-order valence-electron chi connectivity index (χ3n) is 3.61. The molecule has 3 atom stereocenters. The zero-order valence-corrected chi connectivity index (χ0v) is 10.7. The van der Waals surface area contributed by atoms with Gasteiger partial charge in [-0.15, -0.1) is 0 Å². The Bertz CT molecular complexity index is 569. The zero-order chi connectivity index (χ0) is 13.6. The molecule has 1 fully saturated rings. The molecule has 2 rings (SSSR count). The Balaban J connectivity index is 2.51. The zero-order valence-electron chi connectivity index (χ0n) is 9.91. The van der Waals surface area contributed by atoms with Gasteiger partial charge < -0.3 is 10.8 Å². The number of carboxylic acid groups (broad SMARTS) is 1. The van der Waals surface area contributed by atoms with E-state index in [4.69, 9.17) is 5.73 Å². The van der Waals surface area contributed by atoms with Crippen LogP contribution in [0.1, 0.15) is 11.5 Å². The van der Waals surface area contributed by atoms with Crippen molar-refractivity contribution in [2.24, 2.45) is 11.1 Å². The van der Waals surface area contributed by atoms with Gasteiger partial charge in [0.2, 0.25) is 0 Å². The van der Waals surface area contributed by atoms with Crippen molar-refractivity contribution in [2.45, 2.75) is 11.2 Å². The predicted octanol–water partition coefficient (Wildman–Crippen LogP) is 0.227. The first-order chi connectivity index (χ1) is 8.35. The summed E-state index contributed by atoms with van der Waals surface area (Å²) in [4.78, 5) is 11.4. The van der Waals surface area contributed by atoms with Crippen LogP contribution in [0.3, 0.4) is 0 Å². The van der Waals surface area contributed by atoms with Crippen molar-refractivity contribution in [3.63, 3.8) is 0 Å². The first-order valence-corrected chi connectivity index (χ1v) is 7.48. The van der Waals surface area contributed by atoms with Crippen LogP contribution in [0.15, 0.2) is 30.3 Å². The van der Waals surface area contributed by atoms with E-state index in [1.54, 1.807) is 30.3 Å². The van der Waals surface area contributed by atoms with E-state index in [0.29, 0.717) is 5.56 Å². The molecule has 5 nitrogen and oxygen atoms in total. The topological polar surface area (TPSA) is 97.5 Å². The molecule has 1 saturated carbocycles. The van der Waals surface area contributed by atoms with Crippen molar-refractivity contribution in [3.8, 4) is 0 Å². The Morgan fingerprint density at radius 3 is 2.28 bits per heavy atom. The van der Waals surface area contributed by atoms with Crippen LogP contribution in [-0.4, -0.2) is 37.5 Å². The molecule has 1 aliphatic carbocycles. The first kappa shape index (κ1) is 13.0. The molecule has 0 radical (unpaired) electrons. The lowest BCUT2D eigenvalue weighted by Gasteiger charge is -2.08. The fourth-order valence-electron chi connectivity index (χ4n) is 2.75. The molecule has 6 heteroatoms. The molecule has 1 aliphatic rings. The molecule has 0 saturated heterocycles. The summed E-state index contributed by atoms with van der Waals surface area (Å²) in [5.74, 6) is -1.70. The van der Waals surface area contributed by atoms with Crippen LogP contribution in [0.5, 0.6) is 0 Å². The summed E-state index contributed by atoms with van der Waals surface area (Å²) in [6.45, 7) is -0.181. The molecule has 1 aromatic rings. The van der Waals surface area contributed by atoms with Gasteiger partial charge in [-0.25, -0.2) is 8.42 Å². The second-order valence-electron chi connectivity index (χ2n) is 4.69. The molecule has 0 bridgehead atoms. The minimum atomic E-state index is -3.45. The standard InChI is InChI=1S/C12H15NO4S/c1-18(16,17)10-9(8-5-3-2-4-6-8)12(10,7-13)11(14)15/h2-6,9-10H,7,13H2,1H3,(H,14,15)/t9-,10+,12+/m0/s1. The van der Waals surface area contributed by atoms with E-state index in [2.05, 4.69) is 0 Å². The van der Waals surface area contributed by atoms with Gasteiger partial charge in [0.15, 0.2) is 9.84 Å². The van der Waals surface area contributed by atoms with Gasteiger partial charge in [0.05, 0.1) is 5.25 Å². The fraction of sp³-hybridized carbons (Fsp3) is 0.417. The molecule has 0 aliphatic heterocycles. The van der Waals surface area contributed by atoms with Crippen molar-refractivity contribution in [1.82, 2.24) is 0 Å². The highest BCUT2D eigenvalue weighted by Gasteiger charge is 2.74. The Hall–Kier alpha value is -1.40. The highest BCUT2D eigenvalue weighted by molar-refractivity contribution is 7.91. The molecule has 0 heterocycles. The van der Waals surface area contributed by atoms with Gasteiger partial charge >= 0.3 is 5.97 Å². The van der Waals surface area contributed by atoms with Crippen molar-refractivity contribution in [2.75, 3.05) is 12.8 Å². The number of rotatable bonds is 4. The van der Waals surface area contributed by atoms with Gasteiger partial charge in [0.25, 0.3) is 0 Å². The van der Waals surface area contributed by atoms with E-state index in [-0.39, 0.29) is 6.54 Å². The summed E-state index contributed by atoms with van der Waals surface area (Å²) in [5, 5.41) is 8.39. The minimum absolute atomic E-state index is 0.181. The van der Waals surface area contributed by atoms with Crippen molar-refractivity contribution >= 4 is 15.8 Å². The average molecular weight is 269 g/mol. The smallest absolute Gasteiger partial charge is 0.312 e. The third kappa shape index (κ3) is 1.72. The lowest BCUT2D eigenvalue weighted by molar-refractivity contribution is -0.143. The van der Waals surface area contributed by atoms with Gasteiger partial charge in [0, 0.05) is 18.7 Å². The van der Waals surface area contributed by atoms with E-state index in [1.807, 2.05) is 0 Å². The number of hydrogen-bond acceptors (Lipinski definition) is 4. The maximum Gasteiger partial charge on any atom is 0.312 e. The largest absolute Gasteiger partial charge is 0.481 e. The second-order valence-corrected chi connectivity index (χ2v) is 6.86. The summed E-state index contributed by atoms with van der Waals surface area (Å²) in [6.07, 6.45) is 1.06. The molecule has 18 heavy (non-hydrogen) atoms. The third-order valence-corrected chi connectivity index (χ3v) is 5.23. The van der Waals surface area contributed by atoms with Gasteiger partial charge in [-0.05, 0) is 5.56 Å². The van der Waals surface area contributed by atoms with E-state index in [1.165, 1.54) is 0 Å². The number of hydrogen-bond donors (Lipinski definition) is 2. The SMILES string of the molecule is CS(=O)(=O)[C@@H]1[C@H](c2ccccc2)[C@@]1(CN)C(=O)O. The average Bonchev–Trinajstić information content (AvgIpc) is 3.00. The monoisotopic (exact) mass is 269 g/mol. The van der Waals surface area contributed by atoms with E-state index < -0.39 is 32.4 Å². The Morgan fingerprint density at radius 1 is 1.39 bits per heavy atom. The van der Waals surface area contributed by atoms with E-state index >= 15 is 0 Å². The van der Waals surface area contributed by atoms with Crippen molar-refractivity contribution in [1.29, 1.82) is 0 Å². The lowest BCUT2D eigenvalue weighted by atomic mass is 9.99. The highest BCUT2D eigenvalue weighted by atomic mass is 32.2. The van der Waals surface area contributed by atoms with E-state index in [9.17, 15) is 18.3 Å². The van der Waals surface area contributed by atoms with Crippen LogP contribution in [-0.2, 0) is 14.6 Å². The number of aliphatic carboxylic acids is 1. The summed E-state index contributed by atoms with van der Waals surface area (Å²) in [7, 11) is -3.45. The molecule has 0 unspecified atom stereocenters. The summed E-state index contributed by atoms with van der Waals surface area (Å²) in [6, 6.07) is 8.80. The van der Waals surface area contributed by atoms with Crippen LogP contribution in [0.2, 0.25) is 0 Å². The Morgan fingerprint density at radius 2 is 1.94 bits per heavy atom. The Kier molecular flexibility index (Phi) is 2.95. The maximum absolute atomic E-state index is 11.7. The molecule has 3 N–H and O–H groups in total. The van der Waals surface area contributed by atoms with Crippen LogP contribution in [0, 0.1) is 5.41 Å². The molecular formula is C12H15NO4S. The summed E-state index contributed by atoms with van der Waals surface area (Å²) in [5.41, 5.74) is 4.87. The maximum atomic E-state index is 11.7. The number of sulfone groups is 1. The van der Waals surface area contributed by atoms with Crippen molar-refractivity contribution in [3.05, 3.63) is 35.9 Å². The van der Waals surface area contributed by atoms with Gasteiger partial charge in [0.1, 0.15) is 5.41 Å². The van der Waals surface area contributed by atoms with Crippen molar-refractivity contribution < 1.29 is 18.3 Å². The lowest BCUT2D eigenvalue weighted by Crippen LogP contribution is -2.31. The number of nitrogens with two attached hydrogens (primary N) is 1. The molecule has 0 amide bonds. The fourth-order valence-corrected chi connectivity index (χ4v) is 4.68. The molecular weight excluding hydrogens is 254 g/mol. The quantitative estimate of drug-likeness (QED) is 0.815. The minimum Gasteiger partial charge on any atom is -0.481 e. The molecule has 1 aromatic carbocycles. The van der Waals surface area contributed by atoms with Crippen LogP contribution < -0.4 is 5.73 Å². The second kappa shape index (κ2) is 4.07. The van der Waals surface area contributed by atoms with Crippen LogP contribution in [0.25, 0.3) is 0 Å². The Labute approximate surface area is 106 Å². The van der Waals surface area contributed by atoms with Crippen LogP contribution in [0.4, 0.5) is 0 Å². The number of carboxylic acids is 1. The molecule has 0 aromatic heterocycles. The molecule has 0 spiro atoms. The van der Waals surface area contributed by atoms with E-state index in [0.717, 1.165) is 6.26 Å². The summed E-state index contributed by atoms with van der Waals surface area (Å²) >= 11 is 0. The number of carbonyl (C=O) groups is 1. The number of benzene rings is 1. The van der Waals surface area contributed by atoms with Gasteiger partial charge in [-0.3, -0.25) is 4.79 Å². The van der Waals surface area contributed by atoms with Crippen LogP contribution >= 0.6 is 0 Å². The first-order valence-electron chi connectivity index (χ1n) is 5.53. The highest BCUT2D eigenvalue weighted by Crippen LogP contribution is 2.62. The predicted molar refractivity (Wildman–Crippen MR) is 66.9 cm³/mol. The van der Waals surface area contributed by atoms with Gasteiger partial charge in [-0.2, -0.15) is 0 Å².